The largest absolute Gasteiger partial charge is 0.310 e. The van der Waals surface area contributed by atoms with E-state index < -0.39 is 10.8 Å². The lowest BCUT2D eigenvalue weighted by Crippen LogP contribution is -2.63. The number of para-hydroxylation sites is 2. The van der Waals surface area contributed by atoms with Gasteiger partial charge in [0.1, 0.15) is 0 Å². The van der Waals surface area contributed by atoms with Gasteiger partial charge in [0.25, 0.3) is 0 Å². The molecule has 3 aliphatic heterocycles. The lowest BCUT2D eigenvalue weighted by atomic mass is 9.29. The van der Waals surface area contributed by atoms with E-state index in [9.17, 15) is 0 Å². The Kier molecular flexibility index (Phi) is 13.6. The third-order valence-corrected chi connectivity index (χ3v) is 25.0. The summed E-state index contributed by atoms with van der Waals surface area (Å²) in [7, 11) is 0. The van der Waals surface area contributed by atoms with Gasteiger partial charge in [-0.15, -0.1) is 0 Å². The Morgan fingerprint density at radius 2 is 0.782 bits per heavy atom. The number of aryl methyl sites for hydroxylation is 6. The van der Waals surface area contributed by atoms with Crippen LogP contribution in [0.1, 0.15) is 176 Å². The van der Waals surface area contributed by atoms with Gasteiger partial charge in [-0.1, -0.05) is 344 Å². The minimum Gasteiger partial charge on any atom is -0.310 e. The van der Waals surface area contributed by atoms with Crippen molar-refractivity contribution in [1.29, 1.82) is 0 Å². The van der Waals surface area contributed by atoms with E-state index in [2.05, 4.69) is 349 Å². The van der Waals surface area contributed by atoms with Crippen LogP contribution < -0.4 is 37.7 Å². The van der Waals surface area contributed by atoms with Gasteiger partial charge in [-0.25, -0.2) is 0 Å². The molecule has 0 saturated heterocycles. The molecule has 3 aliphatic carbocycles. The quantitative estimate of drug-likeness (QED) is 0.155. The monoisotopic (exact) mass is 1300 g/mol. The fraction of sp³-hybridized carbons (Fsp3) is 0.204. The Hall–Kier alpha value is -10.2. The highest BCUT2D eigenvalue weighted by atomic mass is 15.2. The molecule has 13 aromatic carbocycles. The maximum atomic E-state index is 2.74. The summed E-state index contributed by atoms with van der Waals surface area (Å²) in [4.78, 5) is 2.73. The molecule has 0 radical (unpaired) electrons. The van der Waals surface area contributed by atoms with Crippen LogP contribution in [0.3, 0.4) is 0 Å². The molecule has 6 aliphatic rings. The predicted octanol–water partition coefficient (Wildman–Crippen LogP) is 19.4. The van der Waals surface area contributed by atoms with Gasteiger partial charge in [-0.2, -0.15) is 0 Å². The summed E-state index contributed by atoms with van der Waals surface area (Å²) in [6.07, 6.45) is 1.84. The molecule has 19 rings (SSSR count). The van der Waals surface area contributed by atoms with Crippen LogP contribution in [0.2, 0.25) is 0 Å². The first-order valence-corrected chi connectivity index (χ1v) is 37.1. The molecule has 0 fully saturated rings. The maximum absolute atomic E-state index is 2.74. The number of rotatable bonds is 5. The lowest BCUT2D eigenvalue weighted by Gasteiger charge is -2.46. The summed E-state index contributed by atoms with van der Waals surface area (Å²) in [6, 6.07) is 104. The number of nitrogens with zero attached hydrogens (tertiary/aromatic N) is 1. The fourth-order valence-electron chi connectivity index (χ4n) is 21.1. The first-order valence-electron chi connectivity index (χ1n) is 37.1. The van der Waals surface area contributed by atoms with Crippen LogP contribution in [-0.2, 0) is 34.5 Å². The number of anilines is 3. The number of fused-ring (bicyclic) bond motifs is 21. The van der Waals surface area contributed by atoms with Crippen molar-refractivity contribution in [1.82, 2.24) is 0 Å². The zero-order chi connectivity index (χ0) is 68.9. The van der Waals surface area contributed by atoms with E-state index in [4.69, 9.17) is 0 Å². The van der Waals surface area contributed by atoms with E-state index in [-0.39, 0.29) is 36.1 Å². The smallest absolute Gasteiger partial charge is 0.242 e. The number of benzene rings is 13. The standard InChI is InChI=1S/C98H85B2N/c1-58-46-60(3)93(61(4)47-58)99-86-52-66(95(7,8)9)43-42-65(86)51-77-73-45-44-67(96(10,11)12)53-87(73)100(94-62(5)48-59(2)49-63(94)6)89-55-68(54-88(99)92(77)89)101-90-40-26-24-38-82(90)98(83-39-25-27-41-91(83)101)81-37-23-19-33-72(81)76-56-75-71-32-18-22-36-80(71)97(84(75)57-85(76)98)78-34-20-16-30-69(78)74(50-64-28-14-13-15-29-64)70-31-17-21-35-79(70)97/h13-49,52-57,74,77H,50-51H2,1-12H3. The maximum Gasteiger partial charge on any atom is 0.242 e. The highest BCUT2D eigenvalue weighted by Crippen LogP contribution is 2.68. The fourth-order valence-corrected chi connectivity index (χ4v) is 21.1. The van der Waals surface area contributed by atoms with Gasteiger partial charge in [0.2, 0.25) is 13.4 Å². The minimum absolute atomic E-state index is 0.0394. The first kappa shape index (κ1) is 61.8. The first-order chi connectivity index (χ1) is 48.8. The molecule has 1 unspecified atom stereocenters. The highest BCUT2D eigenvalue weighted by molar-refractivity contribution is 7.00. The van der Waals surface area contributed by atoms with Crippen molar-refractivity contribution < 1.29 is 0 Å². The van der Waals surface area contributed by atoms with Gasteiger partial charge in [0, 0.05) is 17.5 Å². The Balaban J connectivity index is 0.909. The van der Waals surface area contributed by atoms with Crippen LogP contribution in [-0.4, -0.2) is 13.4 Å². The van der Waals surface area contributed by atoms with Crippen molar-refractivity contribution in [2.75, 3.05) is 4.90 Å². The van der Waals surface area contributed by atoms with Gasteiger partial charge < -0.3 is 4.90 Å². The van der Waals surface area contributed by atoms with Crippen LogP contribution in [0.25, 0.3) is 22.3 Å². The minimum atomic E-state index is -0.711. The van der Waals surface area contributed by atoms with Gasteiger partial charge in [0.05, 0.1) is 22.2 Å². The van der Waals surface area contributed by atoms with Crippen LogP contribution >= 0.6 is 0 Å². The average molecular weight is 1300 g/mol. The molecule has 0 aromatic heterocycles. The SMILES string of the molecule is Cc1cc(C)c(B2c3cc(C(C)(C)C)ccc3CC3c4ccc(C(C)(C)C)cc4B(c4c(C)cc(C)cc4C)c4cc(N5c6ccccc6C6(c7ccccc7-c7cc8c(cc76)C6(c7ccccc7-8)c7ccccc7C(Cc7ccccc7)c7ccccc76)c6ccccc65)cc2c43)c(C)c1. The molecule has 2 spiro atoms. The summed E-state index contributed by atoms with van der Waals surface area (Å²) in [6.45, 7) is 28.4. The summed E-state index contributed by atoms with van der Waals surface area (Å²) in [5.41, 5.74) is 46.2. The Bertz CT molecular complexity index is 5530. The topological polar surface area (TPSA) is 3.24 Å². The number of hydrogen-bond acceptors (Lipinski definition) is 1. The Morgan fingerprint density at radius 3 is 1.30 bits per heavy atom. The second-order valence-corrected chi connectivity index (χ2v) is 32.9. The molecule has 1 nitrogen and oxygen atoms in total. The van der Waals surface area contributed by atoms with Crippen LogP contribution in [0.15, 0.2) is 261 Å². The Morgan fingerprint density at radius 1 is 0.356 bits per heavy atom. The lowest BCUT2D eigenvalue weighted by molar-refractivity contribution is 0.589. The third-order valence-electron chi connectivity index (χ3n) is 25.0. The molecule has 3 heteroatoms. The summed E-state index contributed by atoms with van der Waals surface area (Å²) >= 11 is 0. The van der Waals surface area contributed by atoms with Gasteiger partial charge in [0.15, 0.2) is 0 Å². The Labute approximate surface area is 599 Å². The zero-order valence-electron chi connectivity index (χ0n) is 60.5. The summed E-state index contributed by atoms with van der Waals surface area (Å²) in [5, 5.41) is 0. The molecule has 13 aromatic rings. The second kappa shape index (κ2) is 22.1. The predicted molar refractivity (Wildman–Crippen MR) is 428 cm³/mol. The zero-order valence-corrected chi connectivity index (χ0v) is 60.5. The molecular formula is C98H85B2N. The summed E-state index contributed by atoms with van der Waals surface area (Å²) in [5.74, 6) is 0.292. The van der Waals surface area contributed by atoms with Crippen molar-refractivity contribution in [2.24, 2.45) is 0 Å². The molecule has 1 atom stereocenters. The molecule has 3 heterocycles. The van der Waals surface area contributed by atoms with Gasteiger partial charge in [-0.3, -0.25) is 0 Å². The van der Waals surface area contributed by atoms with Crippen molar-refractivity contribution in [2.45, 2.75) is 129 Å². The molecule has 101 heavy (non-hydrogen) atoms. The van der Waals surface area contributed by atoms with E-state index in [1.807, 2.05) is 0 Å². The van der Waals surface area contributed by atoms with Crippen molar-refractivity contribution >= 4 is 63.3 Å². The third kappa shape index (κ3) is 8.71. The second-order valence-electron chi connectivity index (χ2n) is 32.9. The van der Waals surface area contributed by atoms with Gasteiger partial charge >= 0.3 is 0 Å². The van der Waals surface area contributed by atoms with Crippen LogP contribution in [0.5, 0.6) is 0 Å². The summed E-state index contributed by atoms with van der Waals surface area (Å²) < 4.78 is 0. The van der Waals surface area contributed by atoms with Crippen LogP contribution in [0, 0.1) is 41.5 Å². The average Bonchev–Trinajstić information content (AvgIpc) is 1.53. The van der Waals surface area contributed by atoms with E-state index >= 15 is 0 Å². The number of hydrogen-bond donors (Lipinski definition) is 0. The van der Waals surface area contributed by atoms with E-state index in [1.165, 1.54) is 194 Å². The molecule has 488 valence electrons. The molecule has 0 amide bonds. The molecular weight excluding hydrogens is 1210 g/mol. The molecule has 0 bridgehead atoms. The van der Waals surface area contributed by atoms with E-state index in [1.54, 1.807) is 0 Å². The van der Waals surface area contributed by atoms with Crippen molar-refractivity contribution in [3.8, 4) is 22.3 Å². The molecule has 0 N–H and O–H groups in total. The highest BCUT2D eigenvalue weighted by Gasteiger charge is 2.57. The normalized spacial score (nSPS) is 17.4. The van der Waals surface area contributed by atoms with Gasteiger partial charge in [-0.05, 0) is 201 Å². The van der Waals surface area contributed by atoms with Crippen molar-refractivity contribution in [3.05, 3.63) is 383 Å². The van der Waals surface area contributed by atoms with E-state index in [0.717, 1.165) is 12.8 Å². The van der Waals surface area contributed by atoms with Crippen LogP contribution in [0.4, 0.5) is 17.1 Å². The van der Waals surface area contributed by atoms with Crippen molar-refractivity contribution in [3.63, 3.8) is 0 Å². The molecule has 0 saturated carbocycles. The van der Waals surface area contributed by atoms with E-state index in [0.29, 0.717) is 0 Å².